The number of amides is 3. The molecule has 0 aromatic carbocycles. The molecule has 0 N–H and O–H groups in total. The van der Waals surface area contributed by atoms with Crippen molar-refractivity contribution in [1.29, 1.82) is 0 Å². The number of hydrogen-bond acceptors (Lipinski definition) is 6. The maximum atomic E-state index is 12.4. The molecule has 1 atom stereocenters. The lowest BCUT2D eigenvalue weighted by Gasteiger charge is -2.22. The molecule has 148 valence electrons. The predicted octanol–water partition coefficient (Wildman–Crippen LogP) is 2.03. The first kappa shape index (κ1) is 21.7. The van der Waals surface area contributed by atoms with Gasteiger partial charge in [-0.25, -0.2) is 24.2 Å². The quantitative estimate of drug-likeness (QED) is 0.396. The number of carbonyl (C=O) groups excluding carboxylic acids is 4. The van der Waals surface area contributed by atoms with E-state index < -0.39 is 41.5 Å². The monoisotopic (exact) mass is 382 g/mol. The van der Waals surface area contributed by atoms with E-state index in [4.69, 9.17) is 0 Å². The molecule has 0 radical (unpaired) electrons. The summed E-state index contributed by atoms with van der Waals surface area (Å²) in [4.78, 5) is 56.7. The van der Waals surface area contributed by atoms with Crippen LogP contribution in [0.4, 0.5) is 18.0 Å². The summed E-state index contributed by atoms with van der Waals surface area (Å²) in [6.45, 7) is 4.48. The van der Waals surface area contributed by atoms with Crippen LogP contribution >= 0.6 is 0 Å². The summed E-state index contributed by atoms with van der Waals surface area (Å²) < 4.78 is 36.3. The number of nitrogens with zero attached hydrogens (tertiary/aromatic N) is 2. The van der Waals surface area contributed by atoms with Gasteiger partial charge < -0.3 is 4.90 Å². The molecule has 0 aromatic rings. The topological polar surface area (TPSA) is 93.2 Å². The SMILES string of the molecule is CCCCC(CN1C(=O)N(C)C(C)(C)C1=O)C(=O)OOC(=O)C(F)(F)F. The van der Waals surface area contributed by atoms with E-state index in [1.54, 1.807) is 0 Å². The summed E-state index contributed by atoms with van der Waals surface area (Å²) in [7, 11) is 1.42. The summed E-state index contributed by atoms with van der Waals surface area (Å²) in [5, 5.41) is 0. The lowest BCUT2D eigenvalue weighted by Crippen LogP contribution is -2.42. The van der Waals surface area contributed by atoms with Gasteiger partial charge in [-0.15, -0.1) is 0 Å². The lowest BCUT2D eigenvalue weighted by molar-refractivity contribution is -0.288. The Morgan fingerprint density at radius 1 is 1.19 bits per heavy atom. The number of hydrogen-bond donors (Lipinski definition) is 0. The number of imide groups is 1. The van der Waals surface area contributed by atoms with Gasteiger partial charge >= 0.3 is 24.1 Å². The zero-order valence-corrected chi connectivity index (χ0v) is 14.9. The van der Waals surface area contributed by atoms with Gasteiger partial charge in [0.2, 0.25) is 0 Å². The fourth-order valence-electron chi connectivity index (χ4n) is 2.29. The van der Waals surface area contributed by atoms with Crippen molar-refractivity contribution < 1.29 is 42.1 Å². The van der Waals surface area contributed by atoms with Gasteiger partial charge in [-0.1, -0.05) is 19.8 Å². The van der Waals surface area contributed by atoms with E-state index in [0.717, 1.165) is 4.90 Å². The second kappa shape index (κ2) is 7.92. The van der Waals surface area contributed by atoms with Crippen LogP contribution in [0.15, 0.2) is 0 Å². The number of rotatable bonds is 6. The van der Waals surface area contributed by atoms with E-state index in [9.17, 15) is 32.3 Å². The summed E-state index contributed by atoms with van der Waals surface area (Å²) in [6, 6.07) is -0.637. The van der Waals surface area contributed by atoms with Gasteiger partial charge in [-0.3, -0.25) is 9.69 Å². The van der Waals surface area contributed by atoms with Crippen molar-refractivity contribution in [2.45, 2.75) is 51.7 Å². The second-order valence-corrected chi connectivity index (χ2v) is 6.43. The Bertz CT molecular complexity index is 590. The summed E-state index contributed by atoms with van der Waals surface area (Å²) in [6.07, 6.45) is -4.03. The molecule has 1 fully saturated rings. The third kappa shape index (κ3) is 4.64. The van der Waals surface area contributed by atoms with E-state index in [0.29, 0.717) is 12.8 Å². The average molecular weight is 382 g/mol. The van der Waals surface area contributed by atoms with Gasteiger partial charge in [0, 0.05) is 13.6 Å². The Morgan fingerprint density at radius 2 is 1.77 bits per heavy atom. The highest BCUT2D eigenvalue weighted by atomic mass is 19.4. The van der Waals surface area contributed by atoms with E-state index in [1.165, 1.54) is 25.8 Å². The van der Waals surface area contributed by atoms with Gasteiger partial charge in [0.15, 0.2) is 0 Å². The Kier molecular flexibility index (Phi) is 6.61. The third-order valence-electron chi connectivity index (χ3n) is 4.20. The molecule has 0 saturated carbocycles. The molecule has 1 heterocycles. The molecule has 0 bridgehead atoms. The van der Waals surface area contributed by atoms with Crippen LogP contribution in [0.2, 0.25) is 0 Å². The minimum atomic E-state index is -5.31. The first-order valence-electron chi connectivity index (χ1n) is 7.93. The van der Waals surface area contributed by atoms with Crippen LogP contribution < -0.4 is 0 Å². The van der Waals surface area contributed by atoms with Crippen LogP contribution in [-0.2, 0) is 24.2 Å². The van der Waals surface area contributed by atoms with Gasteiger partial charge in [0.25, 0.3) is 5.91 Å². The van der Waals surface area contributed by atoms with E-state index >= 15 is 0 Å². The number of likely N-dealkylation sites (N-methyl/N-ethyl adjacent to an activating group) is 1. The van der Waals surface area contributed by atoms with Gasteiger partial charge in [0.1, 0.15) is 5.54 Å². The van der Waals surface area contributed by atoms with Gasteiger partial charge in [-0.05, 0) is 20.3 Å². The average Bonchev–Trinajstić information content (AvgIpc) is 2.69. The van der Waals surface area contributed by atoms with Gasteiger partial charge in [-0.2, -0.15) is 13.2 Å². The smallest absolute Gasteiger partial charge is 0.313 e. The van der Waals surface area contributed by atoms with E-state index in [2.05, 4.69) is 9.78 Å². The third-order valence-corrected chi connectivity index (χ3v) is 4.20. The molecular weight excluding hydrogens is 361 g/mol. The van der Waals surface area contributed by atoms with Crippen LogP contribution in [0.3, 0.4) is 0 Å². The molecule has 1 aliphatic heterocycles. The molecule has 0 aromatic heterocycles. The van der Waals surface area contributed by atoms with Crippen molar-refractivity contribution >= 4 is 23.9 Å². The molecule has 11 heteroatoms. The number of urea groups is 1. The Morgan fingerprint density at radius 3 is 2.19 bits per heavy atom. The van der Waals surface area contributed by atoms with Crippen LogP contribution in [0.1, 0.15) is 40.0 Å². The normalized spacial score (nSPS) is 18.1. The molecule has 0 spiro atoms. The Labute approximate surface area is 148 Å². The van der Waals surface area contributed by atoms with Crippen molar-refractivity contribution in [2.24, 2.45) is 5.92 Å². The molecule has 1 saturated heterocycles. The molecule has 3 amide bonds. The predicted molar refractivity (Wildman–Crippen MR) is 80.2 cm³/mol. The summed E-state index contributed by atoms with van der Waals surface area (Å²) in [5.74, 6) is -5.60. The highest BCUT2D eigenvalue weighted by molar-refractivity contribution is 6.06. The van der Waals surface area contributed by atoms with Crippen LogP contribution in [-0.4, -0.2) is 59.0 Å². The largest absolute Gasteiger partial charge is 0.495 e. The summed E-state index contributed by atoms with van der Waals surface area (Å²) in [5.41, 5.74) is -1.11. The molecule has 8 nitrogen and oxygen atoms in total. The molecule has 26 heavy (non-hydrogen) atoms. The maximum Gasteiger partial charge on any atom is 0.495 e. The first-order valence-corrected chi connectivity index (χ1v) is 7.93. The highest BCUT2D eigenvalue weighted by Gasteiger charge is 2.50. The molecule has 1 aliphatic rings. The lowest BCUT2D eigenvalue weighted by atomic mass is 10.0. The zero-order chi connectivity index (χ0) is 20.3. The standard InChI is InChI=1S/C15H21F3N2O6/c1-5-6-7-9(10(21)25-26-12(23)15(16,17)18)8-20-11(22)14(2,3)19(4)13(20)24/h9H,5-8H2,1-4H3. The fourth-order valence-corrected chi connectivity index (χ4v) is 2.29. The maximum absolute atomic E-state index is 12.4. The molecule has 1 rings (SSSR count). The number of halogens is 3. The summed E-state index contributed by atoms with van der Waals surface area (Å²) >= 11 is 0. The minimum absolute atomic E-state index is 0.139. The molecular formula is C15H21F3N2O6. The number of unbranched alkanes of at least 4 members (excludes halogenated alkanes) is 1. The highest BCUT2D eigenvalue weighted by Crippen LogP contribution is 2.27. The number of carbonyl (C=O) groups is 4. The molecule has 0 aliphatic carbocycles. The van der Waals surface area contributed by atoms with Gasteiger partial charge in [0.05, 0.1) is 5.92 Å². The van der Waals surface area contributed by atoms with Crippen LogP contribution in [0.25, 0.3) is 0 Å². The van der Waals surface area contributed by atoms with E-state index in [-0.39, 0.29) is 13.0 Å². The fraction of sp³-hybridized carbons (Fsp3) is 0.733. The van der Waals surface area contributed by atoms with E-state index in [1.807, 2.05) is 6.92 Å². The van der Waals surface area contributed by atoms with Crippen molar-refractivity contribution in [3.8, 4) is 0 Å². The minimum Gasteiger partial charge on any atom is -0.313 e. The second-order valence-electron chi connectivity index (χ2n) is 6.43. The zero-order valence-electron chi connectivity index (χ0n) is 14.9. The first-order chi connectivity index (χ1) is 11.8. The van der Waals surface area contributed by atoms with Crippen LogP contribution in [0, 0.1) is 5.92 Å². The molecule has 1 unspecified atom stereocenters. The Hall–Kier alpha value is -2.33. The van der Waals surface area contributed by atoms with Crippen molar-refractivity contribution in [3.05, 3.63) is 0 Å². The van der Waals surface area contributed by atoms with Crippen molar-refractivity contribution in [2.75, 3.05) is 13.6 Å². The van der Waals surface area contributed by atoms with Crippen LogP contribution in [0.5, 0.6) is 0 Å². The van der Waals surface area contributed by atoms with Crippen molar-refractivity contribution in [3.63, 3.8) is 0 Å². The number of alkyl halides is 3. The Balaban J connectivity index is 2.84. The van der Waals surface area contributed by atoms with Crippen molar-refractivity contribution in [1.82, 2.24) is 9.80 Å².